The average molecular weight is 369 g/mol. The molecule has 0 aliphatic carbocycles. The van der Waals surface area contributed by atoms with Gasteiger partial charge in [0.05, 0.1) is 12.1 Å². The quantitative estimate of drug-likeness (QED) is 0.546. The fourth-order valence-electron chi connectivity index (χ4n) is 3.68. The lowest BCUT2D eigenvalue weighted by atomic mass is 9.91. The minimum Gasteiger partial charge on any atom is -0.462 e. The number of nitrogens with one attached hydrogen (secondary N) is 1. The van der Waals surface area contributed by atoms with Gasteiger partial charge in [-0.2, -0.15) is 0 Å². The first-order valence-corrected chi connectivity index (χ1v) is 10.2. The first-order valence-electron chi connectivity index (χ1n) is 9.23. The predicted octanol–water partition coefficient (Wildman–Crippen LogP) is 2.89. The largest absolute Gasteiger partial charge is 0.462 e. The van der Waals surface area contributed by atoms with Crippen molar-refractivity contribution in [3.8, 4) is 0 Å². The molecule has 0 aromatic heterocycles. The molecule has 0 unspecified atom stereocenters. The van der Waals surface area contributed by atoms with Crippen LogP contribution >= 0.6 is 11.8 Å². The van der Waals surface area contributed by atoms with E-state index >= 15 is 0 Å². The normalized spacial score (nSPS) is 37.9. The first kappa shape index (κ1) is 18.7. The smallest absolute Gasteiger partial charge is 0.306 e. The van der Waals surface area contributed by atoms with Gasteiger partial charge in [-0.05, 0) is 38.5 Å². The first-order chi connectivity index (χ1) is 12.0. The van der Waals surface area contributed by atoms with Crippen molar-refractivity contribution in [3.05, 3.63) is 12.2 Å². The molecule has 0 aromatic carbocycles. The van der Waals surface area contributed by atoms with Gasteiger partial charge >= 0.3 is 5.97 Å². The number of amides is 1. The number of fused-ring (bicyclic) bond motifs is 2. The third kappa shape index (κ3) is 5.21. The Balaban J connectivity index is 1.70. The van der Waals surface area contributed by atoms with Gasteiger partial charge in [0, 0.05) is 25.0 Å². The van der Waals surface area contributed by atoms with Gasteiger partial charge in [0.1, 0.15) is 6.10 Å². The Bertz CT molecular complexity index is 526. The van der Waals surface area contributed by atoms with Gasteiger partial charge in [0.2, 0.25) is 0 Å². The van der Waals surface area contributed by atoms with Crippen LogP contribution in [-0.4, -0.2) is 46.1 Å². The summed E-state index contributed by atoms with van der Waals surface area (Å²) >= 11 is 1.15. The van der Waals surface area contributed by atoms with E-state index in [-0.39, 0.29) is 29.8 Å². The Kier molecular flexibility index (Phi) is 6.41. The van der Waals surface area contributed by atoms with E-state index in [1.807, 2.05) is 0 Å². The van der Waals surface area contributed by atoms with Gasteiger partial charge in [-0.15, -0.1) is 0 Å². The Morgan fingerprint density at radius 3 is 2.72 bits per heavy atom. The molecule has 0 aromatic rings. The molecule has 1 amide bonds. The number of hydrogen-bond donors (Lipinski definition) is 2. The van der Waals surface area contributed by atoms with Gasteiger partial charge in [-0.25, -0.2) is 0 Å². The number of hydrogen-bond acceptors (Lipinski definition) is 6. The zero-order valence-electron chi connectivity index (χ0n) is 14.4. The number of ether oxygens (including phenoxy) is 2. The van der Waals surface area contributed by atoms with Gasteiger partial charge in [0.15, 0.2) is 5.79 Å². The van der Waals surface area contributed by atoms with Gasteiger partial charge in [0.25, 0.3) is 5.24 Å². The number of thioether (sulfide) groups is 1. The summed E-state index contributed by atoms with van der Waals surface area (Å²) in [7, 11) is 0. The summed E-state index contributed by atoms with van der Waals surface area (Å²) in [6.45, 7) is 0. The van der Waals surface area contributed by atoms with E-state index in [2.05, 4.69) is 17.5 Å². The Labute approximate surface area is 152 Å². The van der Waals surface area contributed by atoms with E-state index in [0.717, 1.165) is 50.3 Å². The number of carbonyl (C=O) groups is 2. The fraction of sp³-hybridized carbons (Fsp3) is 0.778. The molecule has 3 heterocycles. The second-order valence-electron chi connectivity index (χ2n) is 7.08. The van der Waals surface area contributed by atoms with Gasteiger partial charge in [-0.1, -0.05) is 23.9 Å². The average Bonchev–Trinajstić information content (AvgIpc) is 2.99. The summed E-state index contributed by atoms with van der Waals surface area (Å²) in [4.78, 5) is 23.6. The maximum absolute atomic E-state index is 12.1. The van der Waals surface area contributed by atoms with E-state index in [4.69, 9.17) is 9.47 Å². The number of aliphatic hydroxyl groups is 1. The molecule has 25 heavy (non-hydrogen) atoms. The summed E-state index contributed by atoms with van der Waals surface area (Å²) in [6.07, 6.45) is 10.6. The van der Waals surface area contributed by atoms with Crippen molar-refractivity contribution < 1.29 is 24.2 Å². The van der Waals surface area contributed by atoms with Crippen molar-refractivity contribution in [1.29, 1.82) is 0 Å². The van der Waals surface area contributed by atoms with Crippen molar-refractivity contribution in [2.45, 2.75) is 81.8 Å². The second-order valence-corrected chi connectivity index (χ2v) is 8.07. The maximum Gasteiger partial charge on any atom is 0.306 e. The summed E-state index contributed by atoms with van der Waals surface area (Å²) in [5.74, 6) is -1.22. The van der Waals surface area contributed by atoms with Crippen molar-refractivity contribution in [2.75, 3.05) is 5.75 Å². The van der Waals surface area contributed by atoms with Gasteiger partial charge < -0.3 is 19.9 Å². The van der Waals surface area contributed by atoms with E-state index in [1.165, 1.54) is 0 Å². The Morgan fingerprint density at radius 2 is 1.96 bits per heavy atom. The van der Waals surface area contributed by atoms with Gasteiger partial charge in [-0.3, -0.25) is 9.59 Å². The summed E-state index contributed by atoms with van der Waals surface area (Å²) < 4.78 is 11.6. The van der Waals surface area contributed by atoms with Crippen molar-refractivity contribution in [2.24, 2.45) is 0 Å². The molecule has 2 saturated heterocycles. The van der Waals surface area contributed by atoms with Crippen LogP contribution in [0.1, 0.15) is 57.8 Å². The lowest BCUT2D eigenvalue weighted by Crippen LogP contribution is -2.58. The van der Waals surface area contributed by atoms with E-state index in [1.54, 1.807) is 0 Å². The highest BCUT2D eigenvalue weighted by Gasteiger charge is 2.49. The van der Waals surface area contributed by atoms with E-state index in [0.29, 0.717) is 18.6 Å². The van der Waals surface area contributed by atoms with Crippen LogP contribution in [0.15, 0.2) is 12.2 Å². The van der Waals surface area contributed by atoms with E-state index in [9.17, 15) is 14.7 Å². The molecule has 3 rings (SSSR count). The maximum atomic E-state index is 12.1. The minimum absolute atomic E-state index is 0.148. The topological polar surface area (TPSA) is 84.9 Å². The molecule has 0 radical (unpaired) electrons. The molecule has 2 bridgehead atoms. The second kappa shape index (κ2) is 8.56. The van der Waals surface area contributed by atoms with Crippen molar-refractivity contribution >= 4 is 23.0 Å². The molecule has 6 nitrogen and oxygen atoms in total. The molecular formula is C18H27NO5S. The molecule has 0 spiro atoms. The zero-order valence-corrected chi connectivity index (χ0v) is 15.3. The zero-order chi connectivity index (χ0) is 17.7. The molecule has 7 heteroatoms. The molecular weight excluding hydrogens is 342 g/mol. The monoisotopic (exact) mass is 369 g/mol. The number of carbonyl (C=O) groups excluding carboxylic acids is 2. The highest BCUT2D eigenvalue weighted by Crippen LogP contribution is 2.36. The summed E-state index contributed by atoms with van der Waals surface area (Å²) in [6, 6.07) is -0.465. The number of esters is 1. The fourth-order valence-corrected chi connectivity index (χ4v) is 4.57. The van der Waals surface area contributed by atoms with Crippen LogP contribution in [0.2, 0.25) is 0 Å². The SMILES string of the molecule is O=C1CCCCC=CCCC[C@@H]2C[C@H](C[C@](O)([C@@H]3CSC(=O)N3)O2)O1. The van der Waals surface area contributed by atoms with Crippen LogP contribution in [0, 0.1) is 0 Å². The Morgan fingerprint density at radius 1 is 1.16 bits per heavy atom. The highest BCUT2D eigenvalue weighted by atomic mass is 32.2. The van der Waals surface area contributed by atoms with Crippen LogP contribution in [0.3, 0.4) is 0 Å². The molecule has 140 valence electrons. The lowest BCUT2D eigenvalue weighted by molar-refractivity contribution is -0.284. The standard InChI is InChI=1S/C18H27NO5S/c20-16-9-7-5-3-1-2-4-6-8-13-10-14(23-16)11-18(22,24-13)15-12-25-17(21)19-15/h1-2,13-15,22H,3-12H2,(H,19,21)/t13-,14-,15+,18-/m1/s1. The minimum atomic E-state index is -1.47. The predicted molar refractivity (Wildman–Crippen MR) is 95.2 cm³/mol. The number of allylic oxidation sites excluding steroid dienone is 2. The molecule has 3 aliphatic heterocycles. The van der Waals surface area contributed by atoms with Crippen LogP contribution in [0.4, 0.5) is 4.79 Å². The van der Waals surface area contributed by atoms with Crippen LogP contribution in [0.5, 0.6) is 0 Å². The van der Waals surface area contributed by atoms with Crippen LogP contribution in [-0.2, 0) is 14.3 Å². The molecule has 2 N–H and O–H groups in total. The third-order valence-electron chi connectivity index (χ3n) is 5.00. The van der Waals surface area contributed by atoms with E-state index < -0.39 is 11.8 Å². The molecule has 2 fully saturated rings. The third-order valence-corrected chi connectivity index (χ3v) is 5.88. The summed E-state index contributed by atoms with van der Waals surface area (Å²) in [5, 5.41) is 13.6. The highest BCUT2D eigenvalue weighted by molar-refractivity contribution is 8.14. The van der Waals surface area contributed by atoms with Crippen molar-refractivity contribution in [1.82, 2.24) is 5.32 Å². The van der Waals surface area contributed by atoms with Crippen LogP contribution < -0.4 is 5.32 Å². The van der Waals surface area contributed by atoms with Crippen molar-refractivity contribution in [3.63, 3.8) is 0 Å². The number of rotatable bonds is 1. The summed E-state index contributed by atoms with van der Waals surface area (Å²) in [5.41, 5.74) is 0. The molecule has 4 atom stereocenters. The Hall–Kier alpha value is -1.05. The van der Waals surface area contributed by atoms with Crippen LogP contribution in [0.25, 0.3) is 0 Å². The molecule has 3 aliphatic rings. The lowest BCUT2D eigenvalue weighted by Gasteiger charge is -2.43. The molecule has 0 saturated carbocycles.